The summed E-state index contributed by atoms with van der Waals surface area (Å²) in [6, 6.07) is 0. The monoisotopic (exact) mass is 251 g/mol. The van der Waals surface area contributed by atoms with Crippen LogP contribution in [0.3, 0.4) is 0 Å². The maximum atomic E-state index is 6.02. The van der Waals surface area contributed by atoms with Crippen LogP contribution in [0.25, 0.3) is 0 Å². The second-order valence-corrected chi connectivity index (χ2v) is 5.51. The molecular formula is C13H18ClN3. The summed E-state index contributed by atoms with van der Waals surface area (Å²) in [6.45, 7) is 0. The highest BCUT2D eigenvalue weighted by Gasteiger charge is 2.42. The van der Waals surface area contributed by atoms with Gasteiger partial charge in [0, 0.05) is 17.1 Å². The average molecular weight is 252 g/mol. The Morgan fingerprint density at radius 2 is 2.00 bits per heavy atom. The summed E-state index contributed by atoms with van der Waals surface area (Å²) in [5.74, 6) is 1.71. The molecule has 0 aromatic carbocycles. The molecule has 0 unspecified atom stereocenters. The van der Waals surface area contributed by atoms with Gasteiger partial charge >= 0.3 is 0 Å². The molecule has 0 spiro atoms. The summed E-state index contributed by atoms with van der Waals surface area (Å²) in [4.78, 5) is 8.86. The Kier molecular flexibility index (Phi) is 2.95. The van der Waals surface area contributed by atoms with Crippen molar-refractivity contribution in [1.82, 2.24) is 9.97 Å². The van der Waals surface area contributed by atoms with Crippen LogP contribution in [0, 0.1) is 0 Å². The fourth-order valence-corrected chi connectivity index (χ4v) is 2.83. The molecule has 0 atom stereocenters. The van der Waals surface area contributed by atoms with Crippen LogP contribution in [0.5, 0.6) is 0 Å². The highest BCUT2D eigenvalue weighted by Crippen LogP contribution is 2.40. The first-order valence-corrected chi connectivity index (χ1v) is 7.03. The number of rotatable bonds is 3. The van der Waals surface area contributed by atoms with E-state index in [-0.39, 0.29) is 5.54 Å². The van der Waals surface area contributed by atoms with Crippen molar-refractivity contribution >= 4 is 17.4 Å². The second kappa shape index (κ2) is 4.45. The van der Waals surface area contributed by atoms with Crippen molar-refractivity contribution < 1.29 is 0 Å². The van der Waals surface area contributed by atoms with Crippen molar-refractivity contribution in [2.24, 2.45) is 0 Å². The minimum atomic E-state index is 0.121. The molecule has 0 amide bonds. The Morgan fingerprint density at radius 3 is 2.76 bits per heavy atom. The van der Waals surface area contributed by atoms with Crippen LogP contribution >= 0.6 is 11.6 Å². The summed E-state index contributed by atoms with van der Waals surface area (Å²) in [7, 11) is 0. The molecule has 0 saturated heterocycles. The van der Waals surface area contributed by atoms with Gasteiger partial charge in [-0.1, -0.05) is 6.42 Å². The Labute approximate surface area is 107 Å². The number of hydrogen-bond donors (Lipinski definition) is 1. The van der Waals surface area contributed by atoms with Gasteiger partial charge in [0.15, 0.2) is 0 Å². The highest BCUT2D eigenvalue weighted by atomic mass is 35.5. The number of aryl methyl sites for hydroxylation is 1. The molecule has 4 heteroatoms. The number of halogens is 1. The normalized spacial score (nSPS) is 21.5. The molecule has 92 valence electrons. The van der Waals surface area contributed by atoms with Crippen LogP contribution in [0.15, 0.2) is 6.33 Å². The van der Waals surface area contributed by atoms with Gasteiger partial charge in [0.1, 0.15) is 12.1 Å². The highest BCUT2D eigenvalue weighted by molar-refractivity contribution is 6.19. The quantitative estimate of drug-likeness (QED) is 0.663. The molecule has 17 heavy (non-hydrogen) atoms. The first-order valence-electron chi connectivity index (χ1n) is 6.50. The molecule has 0 radical (unpaired) electrons. The van der Waals surface area contributed by atoms with Gasteiger partial charge in [-0.2, -0.15) is 0 Å². The van der Waals surface area contributed by atoms with Gasteiger partial charge in [0.25, 0.3) is 0 Å². The molecule has 1 heterocycles. The average Bonchev–Trinajstić information content (AvgIpc) is 3.13. The van der Waals surface area contributed by atoms with Crippen LogP contribution in [0.1, 0.15) is 43.4 Å². The first-order chi connectivity index (χ1) is 8.33. The topological polar surface area (TPSA) is 37.8 Å². The minimum absolute atomic E-state index is 0.121. The fourth-order valence-electron chi connectivity index (χ4n) is 2.50. The molecule has 1 saturated carbocycles. The van der Waals surface area contributed by atoms with Crippen molar-refractivity contribution in [3.63, 3.8) is 0 Å². The van der Waals surface area contributed by atoms with E-state index in [4.69, 9.17) is 11.6 Å². The zero-order chi connectivity index (χ0) is 11.7. The number of alkyl halides is 1. The molecule has 3 rings (SSSR count). The van der Waals surface area contributed by atoms with E-state index in [0.29, 0.717) is 5.88 Å². The van der Waals surface area contributed by atoms with Crippen LogP contribution in [-0.4, -0.2) is 21.4 Å². The van der Waals surface area contributed by atoms with Gasteiger partial charge in [-0.15, -0.1) is 11.6 Å². The molecule has 0 bridgehead atoms. The zero-order valence-corrected chi connectivity index (χ0v) is 10.8. The van der Waals surface area contributed by atoms with Crippen molar-refractivity contribution in [2.45, 2.75) is 50.5 Å². The van der Waals surface area contributed by atoms with Gasteiger partial charge in [-0.25, -0.2) is 9.97 Å². The first kappa shape index (κ1) is 11.3. The lowest BCUT2D eigenvalue weighted by Crippen LogP contribution is -2.25. The maximum Gasteiger partial charge on any atom is 0.133 e. The van der Waals surface area contributed by atoms with E-state index in [1.165, 1.54) is 30.5 Å². The minimum Gasteiger partial charge on any atom is -0.363 e. The van der Waals surface area contributed by atoms with Crippen LogP contribution in [-0.2, 0) is 12.8 Å². The molecule has 1 aromatic rings. The van der Waals surface area contributed by atoms with Crippen LogP contribution < -0.4 is 5.32 Å². The third-order valence-electron chi connectivity index (χ3n) is 3.87. The number of anilines is 1. The van der Waals surface area contributed by atoms with Gasteiger partial charge < -0.3 is 5.32 Å². The zero-order valence-electron chi connectivity index (χ0n) is 10.0. The van der Waals surface area contributed by atoms with Gasteiger partial charge in [0.05, 0.1) is 5.54 Å². The summed E-state index contributed by atoms with van der Waals surface area (Å²) in [5.41, 5.74) is 2.70. The van der Waals surface area contributed by atoms with E-state index in [1.807, 2.05) is 0 Å². The summed E-state index contributed by atoms with van der Waals surface area (Å²) < 4.78 is 0. The summed E-state index contributed by atoms with van der Waals surface area (Å²) >= 11 is 6.02. The molecule has 1 fully saturated rings. The number of nitrogens with one attached hydrogen (secondary N) is 1. The van der Waals surface area contributed by atoms with E-state index >= 15 is 0 Å². The Morgan fingerprint density at radius 1 is 1.18 bits per heavy atom. The van der Waals surface area contributed by atoms with E-state index < -0.39 is 0 Å². The molecule has 1 aromatic heterocycles. The molecular weight excluding hydrogens is 234 g/mol. The van der Waals surface area contributed by atoms with E-state index in [1.54, 1.807) is 6.33 Å². The Balaban J connectivity index is 1.89. The van der Waals surface area contributed by atoms with Crippen molar-refractivity contribution in [3.05, 3.63) is 17.6 Å². The Bertz CT molecular complexity index is 415. The lowest BCUT2D eigenvalue weighted by molar-refractivity contribution is 0.708. The molecule has 2 aliphatic carbocycles. The largest absolute Gasteiger partial charge is 0.363 e. The predicted molar refractivity (Wildman–Crippen MR) is 69.6 cm³/mol. The van der Waals surface area contributed by atoms with E-state index in [9.17, 15) is 0 Å². The maximum absolute atomic E-state index is 6.02. The lowest BCUT2D eigenvalue weighted by Gasteiger charge is -2.18. The summed E-state index contributed by atoms with van der Waals surface area (Å²) in [5, 5.41) is 3.55. The fraction of sp³-hybridized carbons (Fsp3) is 0.692. The number of fused-ring (bicyclic) bond motifs is 1. The van der Waals surface area contributed by atoms with Crippen molar-refractivity contribution in [3.8, 4) is 0 Å². The SMILES string of the molecule is ClCC1(Nc2ncnc3c2CCCCC3)CC1. The van der Waals surface area contributed by atoms with Gasteiger partial charge in [0.2, 0.25) is 0 Å². The van der Waals surface area contributed by atoms with E-state index in [0.717, 1.165) is 31.5 Å². The summed E-state index contributed by atoms with van der Waals surface area (Å²) in [6.07, 6.45) is 10.0. The lowest BCUT2D eigenvalue weighted by atomic mass is 10.1. The molecule has 2 aliphatic rings. The van der Waals surface area contributed by atoms with E-state index in [2.05, 4.69) is 15.3 Å². The van der Waals surface area contributed by atoms with Crippen LogP contribution in [0.2, 0.25) is 0 Å². The number of hydrogen-bond acceptors (Lipinski definition) is 3. The standard InChI is InChI=1S/C13H18ClN3/c14-8-13(6-7-13)17-12-10-4-2-1-3-5-11(10)15-9-16-12/h9H,1-8H2,(H,15,16,17). The van der Waals surface area contributed by atoms with Crippen molar-refractivity contribution in [2.75, 3.05) is 11.2 Å². The smallest absolute Gasteiger partial charge is 0.133 e. The van der Waals surface area contributed by atoms with Gasteiger partial charge in [-0.05, 0) is 38.5 Å². The molecule has 3 nitrogen and oxygen atoms in total. The van der Waals surface area contributed by atoms with Gasteiger partial charge in [-0.3, -0.25) is 0 Å². The third-order valence-corrected chi connectivity index (χ3v) is 4.38. The van der Waals surface area contributed by atoms with Crippen LogP contribution in [0.4, 0.5) is 5.82 Å². The third kappa shape index (κ3) is 2.25. The number of nitrogens with zero attached hydrogens (tertiary/aromatic N) is 2. The van der Waals surface area contributed by atoms with Crippen molar-refractivity contribution in [1.29, 1.82) is 0 Å². The Hall–Kier alpha value is -0.830. The molecule has 1 N–H and O–H groups in total. The number of aromatic nitrogens is 2. The molecule has 0 aliphatic heterocycles. The second-order valence-electron chi connectivity index (χ2n) is 5.25. The predicted octanol–water partition coefficient (Wildman–Crippen LogP) is 2.93.